The molecule has 0 N–H and O–H groups in total. The van der Waals surface area contributed by atoms with Crippen molar-refractivity contribution in [3.63, 3.8) is 0 Å². The normalized spacial score (nSPS) is 24.4. The van der Waals surface area contributed by atoms with E-state index in [1.807, 2.05) is 4.68 Å². The fourth-order valence-electron chi connectivity index (χ4n) is 3.17. The number of aromatic nitrogens is 3. The number of ketones is 1. The zero-order valence-electron chi connectivity index (χ0n) is 13.4. The second kappa shape index (κ2) is 5.66. The second-order valence-corrected chi connectivity index (χ2v) is 7.42. The summed E-state index contributed by atoms with van der Waals surface area (Å²) in [5, 5.41) is 4.27. The minimum absolute atomic E-state index is 0.120. The highest BCUT2D eigenvalue weighted by atomic mass is 16.1. The van der Waals surface area contributed by atoms with E-state index in [1.54, 1.807) is 6.33 Å². The number of Topliss-reactive ketones (excluding diaryl/α,β-unsaturated/α-hetero) is 1. The van der Waals surface area contributed by atoms with E-state index in [1.165, 1.54) is 0 Å². The maximum atomic E-state index is 12.2. The van der Waals surface area contributed by atoms with Crippen LogP contribution in [0.25, 0.3) is 0 Å². The van der Waals surface area contributed by atoms with Crippen molar-refractivity contribution < 1.29 is 4.79 Å². The van der Waals surface area contributed by atoms with Crippen molar-refractivity contribution in [3.8, 4) is 0 Å². The summed E-state index contributed by atoms with van der Waals surface area (Å²) in [6, 6.07) is 0.296. The number of rotatable bonds is 3. The molecule has 2 rings (SSSR count). The molecule has 1 aromatic rings. The third-order valence-electron chi connectivity index (χ3n) is 4.55. The molecule has 0 spiro atoms. The Morgan fingerprint density at radius 2 is 2.10 bits per heavy atom. The third-order valence-corrected chi connectivity index (χ3v) is 4.55. The molecular formula is C16H27N3O. The summed E-state index contributed by atoms with van der Waals surface area (Å²) in [7, 11) is 0. The highest BCUT2D eigenvalue weighted by Gasteiger charge is 2.35. The summed E-state index contributed by atoms with van der Waals surface area (Å²) in [6.45, 7) is 11.0. The summed E-state index contributed by atoms with van der Waals surface area (Å²) in [5.74, 6) is 2.10. The molecule has 112 valence electrons. The van der Waals surface area contributed by atoms with Crippen LogP contribution < -0.4 is 0 Å². The Morgan fingerprint density at radius 3 is 2.70 bits per heavy atom. The molecule has 1 aliphatic rings. The molecule has 2 unspecified atom stereocenters. The van der Waals surface area contributed by atoms with Gasteiger partial charge in [0.05, 0.1) is 0 Å². The number of hydrogen-bond donors (Lipinski definition) is 0. The molecule has 1 heterocycles. The van der Waals surface area contributed by atoms with Crippen LogP contribution in [0.3, 0.4) is 0 Å². The maximum Gasteiger partial charge on any atom is 0.138 e. The standard InChI is InChI=1S/C16H27N3O/c1-11(2)19-15(17-10-18-19)9-12-8-13(16(3,4)5)6-7-14(12)20/h10-13H,6-9H2,1-5H3. The Bertz CT molecular complexity index is 470. The first-order valence-corrected chi connectivity index (χ1v) is 7.70. The molecule has 0 radical (unpaired) electrons. The molecule has 0 aromatic carbocycles. The van der Waals surface area contributed by atoms with Gasteiger partial charge < -0.3 is 0 Å². The van der Waals surface area contributed by atoms with Crippen molar-refractivity contribution in [2.24, 2.45) is 17.3 Å². The van der Waals surface area contributed by atoms with Gasteiger partial charge in [0.1, 0.15) is 17.9 Å². The Balaban J connectivity index is 2.11. The van der Waals surface area contributed by atoms with Gasteiger partial charge >= 0.3 is 0 Å². The van der Waals surface area contributed by atoms with Crippen LogP contribution in [0.1, 0.15) is 65.7 Å². The Morgan fingerprint density at radius 1 is 1.40 bits per heavy atom. The molecule has 1 fully saturated rings. The van der Waals surface area contributed by atoms with Crippen molar-refractivity contribution in [1.29, 1.82) is 0 Å². The zero-order valence-corrected chi connectivity index (χ0v) is 13.4. The molecule has 0 aliphatic heterocycles. The zero-order chi connectivity index (χ0) is 14.9. The predicted octanol–water partition coefficient (Wildman–Crippen LogP) is 3.43. The summed E-state index contributed by atoms with van der Waals surface area (Å²) < 4.78 is 1.94. The van der Waals surface area contributed by atoms with Crippen molar-refractivity contribution in [3.05, 3.63) is 12.2 Å². The highest BCUT2D eigenvalue weighted by Crippen LogP contribution is 2.39. The first kappa shape index (κ1) is 15.2. The van der Waals surface area contributed by atoms with E-state index in [0.717, 1.165) is 31.5 Å². The van der Waals surface area contributed by atoms with Crippen LogP contribution >= 0.6 is 0 Å². The average molecular weight is 277 g/mol. The fourth-order valence-corrected chi connectivity index (χ4v) is 3.17. The fraction of sp³-hybridized carbons (Fsp3) is 0.812. The minimum atomic E-state index is 0.120. The smallest absolute Gasteiger partial charge is 0.138 e. The van der Waals surface area contributed by atoms with E-state index in [-0.39, 0.29) is 11.3 Å². The first-order valence-electron chi connectivity index (χ1n) is 7.70. The molecular weight excluding hydrogens is 250 g/mol. The largest absolute Gasteiger partial charge is 0.299 e. The van der Waals surface area contributed by atoms with Gasteiger partial charge in [-0.15, -0.1) is 0 Å². The van der Waals surface area contributed by atoms with Gasteiger partial charge in [0.25, 0.3) is 0 Å². The average Bonchev–Trinajstić information content (AvgIpc) is 2.78. The van der Waals surface area contributed by atoms with E-state index >= 15 is 0 Å². The summed E-state index contributed by atoms with van der Waals surface area (Å²) in [6.07, 6.45) is 5.10. The molecule has 0 saturated heterocycles. The van der Waals surface area contributed by atoms with Crippen LogP contribution in [0.2, 0.25) is 0 Å². The summed E-state index contributed by atoms with van der Waals surface area (Å²) in [4.78, 5) is 16.6. The molecule has 2 atom stereocenters. The molecule has 1 aromatic heterocycles. The molecule has 4 nitrogen and oxygen atoms in total. The van der Waals surface area contributed by atoms with Crippen LogP contribution in [0.5, 0.6) is 0 Å². The predicted molar refractivity (Wildman–Crippen MR) is 79.4 cm³/mol. The van der Waals surface area contributed by atoms with Crippen LogP contribution in [0, 0.1) is 17.3 Å². The van der Waals surface area contributed by atoms with E-state index in [2.05, 4.69) is 44.7 Å². The van der Waals surface area contributed by atoms with Gasteiger partial charge in [0.2, 0.25) is 0 Å². The van der Waals surface area contributed by atoms with E-state index in [0.29, 0.717) is 17.7 Å². The van der Waals surface area contributed by atoms with Crippen LogP contribution in [0.4, 0.5) is 0 Å². The lowest BCUT2D eigenvalue weighted by molar-refractivity contribution is -0.126. The Hall–Kier alpha value is -1.19. The van der Waals surface area contributed by atoms with Crippen molar-refractivity contribution >= 4 is 5.78 Å². The van der Waals surface area contributed by atoms with Gasteiger partial charge in [-0.1, -0.05) is 20.8 Å². The van der Waals surface area contributed by atoms with Crippen molar-refractivity contribution in [2.45, 2.75) is 66.3 Å². The third kappa shape index (κ3) is 3.28. The van der Waals surface area contributed by atoms with E-state index < -0.39 is 0 Å². The number of nitrogens with zero attached hydrogens (tertiary/aromatic N) is 3. The molecule has 4 heteroatoms. The lowest BCUT2D eigenvalue weighted by Crippen LogP contribution is -2.33. The lowest BCUT2D eigenvalue weighted by atomic mass is 9.68. The maximum absolute atomic E-state index is 12.2. The van der Waals surface area contributed by atoms with E-state index in [4.69, 9.17) is 0 Å². The summed E-state index contributed by atoms with van der Waals surface area (Å²) >= 11 is 0. The topological polar surface area (TPSA) is 47.8 Å². The first-order chi connectivity index (χ1) is 9.29. The van der Waals surface area contributed by atoms with E-state index in [9.17, 15) is 4.79 Å². The van der Waals surface area contributed by atoms with Gasteiger partial charge in [0.15, 0.2) is 0 Å². The molecule has 20 heavy (non-hydrogen) atoms. The highest BCUT2D eigenvalue weighted by molar-refractivity contribution is 5.82. The van der Waals surface area contributed by atoms with Crippen LogP contribution in [0.15, 0.2) is 6.33 Å². The number of carbonyl (C=O) groups is 1. The molecule has 1 saturated carbocycles. The number of carbonyl (C=O) groups excluding carboxylic acids is 1. The molecule has 0 amide bonds. The van der Waals surface area contributed by atoms with Crippen molar-refractivity contribution in [1.82, 2.24) is 14.8 Å². The van der Waals surface area contributed by atoms with Gasteiger partial charge in [-0.25, -0.2) is 9.67 Å². The van der Waals surface area contributed by atoms with Crippen molar-refractivity contribution in [2.75, 3.05) is 0 Å². The van der Waals surface area contributed by atoms with Gasteiger partial charge in [-0.05, 0) is 38.0 Å². The Labute approximate surface area is 122 Å². The molecule has 1 aliphatic carbocycles. The Kier molecular flexibility index (Phi) is 4.31. The molecule has 0 bridgehead atoms. The quantitative estimate of drug-likeness (QED) is 0.850. The van der Waals surface area contributed by atoms with Crippen LogP contribution in [-0.4, -0.2) is 20.5 Å². The SMILES string of the molecule is CC(C)n1ncnc1CC1CC(C(C)(C)C)CCC1=O. The monoisotopic (exact) mass is 277 g/mol. The van der Waals surface area contributed by atoms with Gasteiger partial charge in [-0.3, -0.25) is 4.79 Å². The van der Waals surface area contributed by atoms with Gasteiger partial charge in [0, 0.05) is 24.8 Å². The lowest BCUT2D eigenvalue weighted by Gasteiger charge is -2.37. The number of hydrogen-bond acceptors (Lipinski definition) is 3. The minimum Gasteiger partial charge on any atom is -0.299 e. The summed E-state index contributed by atoms with van der Waals surface area (Å²) in [5.41, 5.74) is 0.282. The second-order valence-electron chi connectivity index (χ2n) is 7.42. The van der Waals surface area contributed by atoms with Gasteiger partial charge in [-0.2, -0.15) is 5.10 Å². The van der Waals surface area contributed by atoms with Crippen LogP contribution in [-0.2, 0) is 11.2 Å².